The Kier molecular flexibility index (Phi) is 11.2. The van der Waals surface area contributed by atoms with Crippen molar-refractivity contribution in [2.24, 2.45) is 11.3 Å². The molecule has 36 heavy (non-hydrogen) atoms. The summed E-state index contributed by atoms with van der Waals surface area (Å²) in [5.41, 5.74) is 0.574. The van der Waals surface area contributed by atoms with Crippen molar-refractivity contribution in [3.8, 4) is 5.75 Å². The molecule has 0 spiro atoms. The predicted octanol–water partition coefficient (Wildman–Crippen LogP) is 5.04. The molecule has 8 nitrogen and oxygen atoms in total. The average Bonchev–Trinajstić information content (AvgIpc) is 2.89. The molecule has 0 aliphatic rings. The van der Waals surface area contributed by atoms with Crippen molar-refractivity contribution in [3.05, 3.63) is 65.7 Å². The maximum Gasteiger partial charge on any atom is 0.408 e. The average molecular weight is 500 g/mol. The highest BCUT2D eigenvalue weighted by Crippen LogP contribution is 2.21. The summed E-state index contributed by atoms with van der Waals surface area (Å²) < 4.78 is 21.5. The van der Waals surface area contributed by atoms with Gasteiger partial charge in [-0.2, -0.15) is 0 Å². The summed E-state index contributed by atoms with van der Waals surface area (Å²) in [6, 6.07) is 15.6. The molecule has 2 aromatic carbocycles. The molecule has 1 N–H and O–H groups in total. The third kappa shape index (κ3) is 9.24. The number of rotatable bonds is 13. The molecule has 0 saturated carbocycles. The molecule has 2 aromatic rings. The summed E-state index contributed by atoms with van der Waals surface area (Å²) in [6.45, 7) is 9.48. The number of alkyl carbamates (subject to hydrolysis) is 1. The normalized spacial score (nSPS) is 12.7. The van der Waals surface area contributed by atoms with Gasteiger partial charge < -0.3 is 24.3 Å². The third-order valence-corrected chi connectivity index (χ3v) is 5.69. The first kappa shape index (κ1) is 28.7. The molecule has 0 radical (unpaired) electrons. The molecule has 0 unspecified atom stereocenters. The van der Waals surface area contributed by atoms with E-state index in [0.29, 0.717) is 13.0 Å². The van der Waals surface area contributed by atoms with E-state index in [1.807, 2.05) is 75.4 Å². The zero-order valence-corrected chi connectivity index (χ0v) is 21.7. The van der Waals surface area contributed by atoms with Crippen molar-refractivity contribution in [3.63, 3.8) is 0 Å². The van der Waals surface area contributed by atoms with Crippen LogP contribution in [0.5, 0.6) is 5.75 Å². The molecule has 0 fully saturated rings. The van der Waals surface area contributed by atoms with Crippen LogP contribution in [0, 0.1) is 11.3 Å². The smallest absolute Gasteiger partial charge is 0.408 e. The molecule has 0 aliphatic heterocycles. The van der Waals surface area contributed by atoms with Gasteiger partial charge in [0.1, 0.15) is 31.6 Å². The first-order valence-corrected chi connectivity index (χ1v) is 12.2. The first-order valence-electron chi connectivity index (χ1n) is 12.2. The number of esters is 2. The molecule has 1 amide bonds. The monoisotopic (exact) mass is 499 g/mol. The first-order chi connectivity index (χ1) is 17.2. The molecular formula is C28H37NO7. The molecule has 2 atom stereocenters. The van der Waals surface area contributed by atoms with E-state index < -0.39 is 29.5 Å². The van der Waals surface area contributed by atoms with Crippen molar-refractivity contribution in [1.82, 2.24) is 5.32 Å². The van der Waals surface area contributed by atoms with Crippen molar-refractivity contribution < 1.29 is 33.3 Å². The SMILES string of the molecule is CCOc1ccc(COC(=O)C(C)(C)COC(=O)[C@@H](NC(=O)OCc2ccccc2)[C@@H](C)CC)cc1. The van der Waals surface area contributed by atoms with E-state index in [2.05, 4.69) is 5.32 Å². The van der Waals surface area contributed by atoms with Gasteiger partial charge in [0, 0.05) is 0 Å². The topological polar surface area (TPSA) is 100 Å². The Morgan fingerprint density at radius 1 is 0.861 bits per heavy atom. The maximum absolute atomic E-state index is 12.8. The van der Waals surface area contributed by atoms with E-state index in [-0.39, 0.29) is 25.7 Å². The van der Waals surface area contributed by atoms with Crippen LogP contribution in [0.3, 0.4) is 0 Å². The van der Waals surface area contributed by atoms with Gasteiger partial charge >= 0.3 is 18.0 Å². The van der Waals surface area contributed by atoms with Crippen molar-refractivity contribution in [1.29, 1.82) is 0 Å². The second kappa shape index (κ2) is 14.1. The highest BCUT2D eigenvalue weighted by atomic mass is 16.6. The Balaban J connectivity index is 1.87. The number of nitrogens with one attached hydrogen (secondary N) is 1. The molecule has 0 bridgehead atoms. The zero-order chi connectivity index (χ0) is 26.6. The van der Waals surface area contributed by atoms with E-state index in [0.717, 1.165) is 16.9 Å². The molecule has 0 aromatic heterocycles. The number of benzene rings is 2. The van der Waals surface area contributed by atoms with Crippen LogP contribution < -0.4 is 10.1 Å². The molecule has 8 heteroatoms. The Labute approximate surface area is 213 Å². The highest BCUT2D eigenvalue weighted by Gasteiger charge is 2.34. The number of carbonyl (C=O) groups is 3. The Morgan fingerprint density at radius 3 is 2.08 bits per heavy atom. The third-order valence-electron chi connectivity index (χ3n) is 5.69. The lowest BCUT2D eigenvalue weighted by Crippen LogP contribution is -2.47. The van der Waals surface area contributed by atoms with Gasteiger partial charge in [0.15, 0.2) is 0 Å². The van der Waals surface area contributed by atoms with Crippen molar-refractivity contribution in [2.75, 3.05) is 13.2 Å². The Hall–Kier alpha value is -3.55. The van der Waals surface area contributed by atoms with Gasteiger partial charge in [0.05, 0.1) is 12.0 Å². The standard InChI is InChI=1S/C28H37NO7/c1-6-20(3)24(29-27(32)35-18-21-11-9-8-10-12-21)25(30)36-19-28(4,5)26(31)34-17-22-13-15-23(16-14-22)33-7-2/h8-16,20,24H,6-7,17-19H2,1-5H3,(H,29,32)/t20-,24-/m0/s1. The van der Waals surface area contributed by atoms with Gasteiger partial charge in [-0.25, -0.2) is 9.59 Å². The second-order valence-electron chi connectivity index (χ2n) is 9.21. The van der Waals surface area contributed by atoms with Crippen LogP contribution in [0.25, 0.3) is 0 Å². The van der Waals surface area contributed by atoms with Crippen LogP contribution in [0.2, 0.25) is 0 Å². The molecule has 0 aliphatic carbocycles. The number of hydrogen-bond acceptors (Lipinski definition) is 7. The fourth-order valence-corrected chi connectivity index (χ4v) is 3.15. The largest absolute Gasteiger partial charge is 0.494 e. The van der Waals surface area contributed by atoms with Crippen LogP contribution in [-0.2, 0) is 37.0 Å². The number of ether oxygens (including phenoxy) is 4. The minimum Gasteiger partial charge on any atom is -0.494 e. The lowest BCUT2D eigenvalue weighted by atomic mass is 9.94. The molecule has 2 rings (SSSR count). The lowest BCUT2D eigenvalue weighted by Gasteiger charge is -2.26. The zero-order valence-electron chi connectivity index (χ0n) is 21.7. The van der Waals surface area contributed by atoms with Gasteiger partial charge in [-0.3, -0.25) is 4.79 Å². The van der Waals surface area contributed by atoms with E-state index in [4.69, 9.17) is 18.9 Å². The molecule has 0 heterocycles. The Morgan fingerprint density at radius 2 is 1.47 bits per heavy atom. The fourth-order valence-electron chi connectivity index (χ4n) is 3.15. The van der Waals surface area contributed by atoms with E-state index in [9.17, 15) is 14.4 Å². The van der Waals surface area contributed by atoms with Crippen LogP contribution in [0.15, 0.2) is 54.6 Å². The summed E-state index contributed by atoms with van der Waals surface area (Å²) >= 11 is 0. The number of amides is 1. The van der Waals surface area contributed by atoms with E-state index in [1.54, 1.807) is 13.8 Å². The summed E-state index contributed by atoms with van der Waals surface area (Å²) in [5, 5.41) is 2.60. The quantitative estimate of drug-likeness (QED) is 0.304. The van der Waals surface area contributed by atoms with Gasteiger partial charge in [0.2, 0.25) is 0 Å². The summed E-state index contributed by atoms with van der Waals surface area (Å²) in [6.07, 6.45) is -0.0816. The van der Waals surface area contributed by atoms with Crippen molar-refractivity contribution >= 4 is 18.0 Å². The number of hydrogen-bond donors (Lipinski definition) is 1. The van der Waals surface area contributed by atoms with Crippen LogP contribution in [0.4, 0.5) is 4.79 Å². The van der Waals surface area contributed by atoms with Crippen LogP contribution in [-0.4, -0.2) is 37.3 Å². The van der Waals surface area contributed by atoms with Gasteiger partial charge in [0.25, 0.3) is 0 Å². The highest BCUT2D eigenvalue weighted by molar-refractivity contribution is 5.82. The minimum atomic E-state index is -1.07. The summed E-state index contributed by atoms with van der Waals surface area (Å²) in [7, 11) is 0. The van der Waals surface area contributed by atoms with Crippen LogP contribution in [0.1, 0.15) is 52.2 Å². The fraction of sp³-hybridized carbons (Fsp3) is 0.464. The predicted molar refractivity (Wildman–Crippen MR) is 135 cm³/mol. The van der Waals surface area contributed by atoms with E-state index in [1.165, 1.54) is 0 Å². The van der Waals surface area contributed by atoms with Gasteiger partial charge in [-0.15, -0.1) is 0 Å². The van der Waals surface area contributed by atoms with Gasteiger partial charge in [-0.1, -0.05) is 62.7 Å². The number of carbonyl (C=O) groups excluding carboxylic acids is 3. The maximum atomic E-state index is 12.8. The molecule has 196 valence electrons. The Bertz CT molecular complexity index is 973. The van der Waals surface area contributed by atoms with E-state index >= 15 is 0 Å². The lowest BCUT2D eigenvalue weighted by molar-refractivity contribution is -0.164. The van der Waals surface area contributed by atoms with Gasteiger partial charge in [-0.05, 0) is 49.9 Å². The molecule has 0 saturated heterocycles. The minimum absolute atomic E-state index is 0.0855. The van der Waals surface area contributed by atoms with Crippen molar-refractivity contribution in [2.45, 2.75) is 60.3 Å². The second-order valence-corrected chi connectivity index (χ2v) is 9.21. The van der Waals surface area contributed by atoms with Crippen LogP contribution >= 0.6 is 0 Å². The summed E-state index contributed by atoms with van der Waals surface area (Å²) in [4.78, 5) is 37.8. The molecular weight excluding hydrogens is 462 g/mol. The summed E-state index contributed by atoms with van der Waals surface area (Å²) in [5.74, 6) is -0.586.